The first-order valence-corrected chi connectivity index (χ1v) is 8.83. The lowest BCUT2D eigenvalue weighted by Crippen LogP contribution is -2.31. The van der Waals surface area contributed by atoms with Gasteiger partial charge in [0, 0.05) is 20.4 Å². The van der Waals surface area contributed by atoms with Gasteiger partial charge < -0.3 is 9.30 Å². The molecule has 0 spiro atoms. The third-order valence-electron chi connectivity index (χ3n) is 4.61. The van der Waals surface area contributed by atoms with Crippen molar-refractivity contribution in [1.29, 1.82) is 0 Å². The fourth-order valence-electron chi connectivity index (χ4n) is 3.20. The predicted octanol–water partition coefficient (Wildman–Crippen LogP) is 0.981. The molecule has 9 nitrogen and oxygen atoms in total. The van der Waals surface area contributed by atoms with Crippen molar-refractivity contribution in [3.8, 4) is 11.4 Å². The molecule has 0 radical (unpaired) electrons. The lowest BCUT2D eigenvalue weighted by Gasteiger charge is -2.06. The zero-order valence-electron chi connectivity index (χ0n) is 15.6. The topological polar surface area (TPSA) is 99.7 Å². The molecule has 1 N–H and O–H groups in total. The molecule has 28 heavy (non-hydrogen) atoms. The molecule has 3 heterocycles. The largest absolute Gasteiger partial charge is 0.383 e. The van der Waals surface area contributed by atoms with Gasteiger partial charge in [-0.15, -0.1) is 0 Å². The zero-order valence-corrected chi connectivity index (χ0v) is 15.6. The number of H-pyrrole nitrogens is 1. The summed E-state index contributed by atoms with van der Waals surface area (Å²) in [6.45, 7) is 1.47. The third-order valence-corrected chi connectivity index (χ3v) is 4.61. The van der Waals surface area contributed by atoms with Crippen LogP contribution in [0.1, 0.15) is 5.56 Å². The van der Waals surface area contributed by atoms with Crippen LogP contribution in [-0.4, -0.2) is 42.6 Å². The molecule has 0 aliphatic rings. The van der Waals surface area contributed by atoms with Gasteiger partial charge in [0.25, 0.3) is 5.56 Å². The number of aryl methyl sites for hydroxylation is 1. The number of rotatable bonds is 6. The van der Waals surface area contributed by atoms with Crippen molar-refractivity contribution in [1.82, 2.24) is 28.9 Å². The van der Waals surface area contributed by atoms with Gasteiger partial charge in [-0.05, 0) is 5.56 Å². The van der Waals surface area contributed by atoms with Crippen LogP contribution < -0.4 is 11.2 Å². The van der Waals surface area contributed by atoms with Crippen LogP contribution in [0.5, 0.6) is 0 Å². The number of nitrogens with zero attached hydrogens (tertiary/aromatic N) is 5. The maximum absolute atomic E-state index is 12.5. The molecule has 4 rings (SSSR count). The normalized spacial score (nSPS) is 11.4. The highest BCUT2D eigenvalue weighted by molar-refractivity contribution is 5.76. The number of benzene rings is 1. The number of hydrogen-bond donors (Lipinski definition) is 1. The van der Waals surface area contributed by atoms with E-state index in [1.807, 2.05) is 36.5 Å². The van der Waals surface area contributed by atoms with E-state index < -0.39 is 11.2 Å². The molecule has 0 saturated carbocycles. The molecule has 9 heteroatoms. The van der Waals surface area contributed by atoms with Crippen LogP contribution >= 0.6 is 0 Å². The molecule has 3 aromatic heterocycles. The Balaban J connectivity index is 1.84. The number of aromatic amines is 1. The van der Waals surface area contributed by atoms with E-state index in [0.29, 0.717) is 36.7 Å². The lowest BCUT2D eigenvalue weighted by molar-refractivity contribution is 0.183. The zero-order chi connectivity index (χ0) is 19.7. The summed E-state index contributed by atoms with van der Waals surface area (Å²) < 4.78 is 9.98. The van der Waals surface area contributed by atoms with Crippen LogP contribution in [0.4, 0.5) is 0 Å². The first-order chi connectivity index (χ1) is 13.6. The van der Waals surface area contributed by atoms with Crippen molar-refractivity contribution in [2.45, 2.75) is 13.1 Å². The number of nitrogens with one attached hydrogen (secondary N) is 1. The SMILES string of the molecule is COCCn1cc(-c2nc3c(c(=O)[nH]c(=O)n3Cc3ccccc3)n2C)cn1. The first-order valence-electron chi connectivity index (χ1n) is 8.83. The van der Waals surface area contributed by atoms with Crippen molar-refractivity contribution in [3.05, 3.63) is 69.1 Å². The van der Waals surface area contributed by atoms with Gasteiger partial charge in [-0.1, -0.05) is 30.3 Å². The van der Waals surface area contributed by atoms with Crippen LogP contribution in [0, 0.1) is 0 Å². The van der Waals surface area contributed by atoms with Gasteiger partial charge in [0.15, 0.2) is 11.2 Å². The van der Waals surface area contributed by atoms with Crippen molar-refractivity contribution < 1.29 is 4.74 Å². The molecule has 0 aliphatic heterocycles. The van der Waals surface area contributed by atoms with E-state index in [0.717, 1.165) is 11.1 Å². The molecule has 0 unspecified atom stereocenters. The monoisotopic (exact) mass is 380 g/mol. The van der Waals surface area contributed by atoms with Gasteiger partial charge in [-0.3, -0.25) is 19.0 Å². The highest BCUT2D eigenvalue weighted by Gasteiger charge is 2.18. The number of imidazole rings is 1. The second-order valence-corrected chi connectivity index (χ2v) is 6.48. The summed E-state index contributed by atoms with van der Waals surface area (Å²) in [6, 6.07) is 9.57. The Hall–Kier alpha value is -3.46. The number of fused-ring (bicyclic) bond motifs is 1. The molecular weight excluding hydrogens is 360 g/mol. The van der Waals surface area contributed by atoms with Crippen molar-refractivity contribution >= 4 is 11.2 Å². The third kappa shape index (κ3) is 3.16. The highest BCUT2D eigenvalue weighted by Crippen LogP contribution is 2.21. The minimum absolute atomic E-state index is 0.316. The summed E-state index contributed by atoms with van der Waals surface area (Å²) in [4.78, 5) is 31.9. The summed E-state index contributed by atoms with van der Waals surface area (Å²) in [5, 5.41) is 4.30. The Kier molecular flexibility index (Phi) is 4.66. The molecule has 0 saturated heterocycles. The van der Waals surface area contributed by atoms with Crippen LogP contribution in [-0.2, 0) is 24.9 Å². The summed E-state index contributed by atoms with van der Waals surface area (Å²) in [6.07, 6.45) is 3.53. The lowest BCUT2D eigenvalue weighted by atomic mass is 10.2. The molecule has 0 bridgehead atoms. The molecule has 0 atom stereocenters. The van der Waals surface area contributed by atoms with Gasteiger partial charge >= 0.3 is 5.69 Å². The van der Waals surface area contributed by atoms with Crippen LogP contribution in [0.3, 0.4) is 0 Å². The Morgan fingerprint density at radius 3 is 2.71 bits per heavy atom. The van der Waals surface area contributed by atoms with Gasteiger partial charge in [-0.2, -0.15) is 5.10 Å². The Morgan fingerprint density at radius 1 is 1.18 bits per heavy atom. The van der Waals surface area contributed by atoms with Crippen molar-refractivity contribution in [3.63, 3.8) is 0 Å². The average molecular weight is 380 g/mol. The van der Waals surface area contributed by atoms with Gasteiger partial charge in [0.1, 0.15) is 5.82 Å². The summed E-state index contributed by atoms with van der Waals surface area (Å²) in [5.41, 5.74) is 1.44. The fourth-order valence-corrected chi connectivity index (χ4v) is 3.20. The van der Waals surface area contributed by atoms with Crippen molar-refractivity contribution in [2.75, 3.05) is 13.7 Å². The quantitative estimate of drug-likeness (QED) is 0.538. The standard InChI is InChI=1S/C19H20N6O3/c1-23-15-17(21-16(23)14-10-20-24(12-14)8-9-28-2)25(19(27)22-18(15)26)11-13-6-4-3-5-7-13/h3-7,10,12H,8-9,11H2,1-2H3,(H,22,26,27). The van der Waals surface area contributed by atoms with E-state index >= 15 is 0 Å². The van der Waals surface area contributed by atoms with Crippen LogP contribution in [0.2, 0.25) is 0 Å². The summed E-state index contributed by atoms with van der Waals surface area (Å²) in [5.74, 6) is 0.566. The van der Waals surface area contributed by atoms with Crippen molar-refractivity contribution in [2.24, 2.45) is 7.05 Å². The average Bonchev–Trinajstić information content (AvgIpc) is 3.29. The second-order valence-electron chi connectivity index (χ2n) is 6.48. The predicted molar refractivity (Wildman–Crippen MR) is 104 cm³/mol. The Labute approximate surface area is 159 Å². The molecule has 0 amide bonds. The van der Waals surface area contributed by atoms with Gasteiger partial charge in [0.2, 0.25) is 0 Å². The molecule has 1 aromatic carbocycles. The van der Waals surface area contributed by atoms with E-state index in [1.54, 1.807) is 29.6 Å². The van der Waals surface area contributed by atoms with Crippen LogP contribution in [0.15, 0.2) is 52.3 Å². The highest BCUT2D eigenvalue weighted by atomic mass is 16.5. The number of ether oxygens (including phenoxy) is 1. The van der Waals surface area contributed by atoms with Gasteiger partial charge in [0.05, 0.1) is 31.5 Å². The van der Waals surface area contributed by atoms with E-state index in [2.05, 4.69) is 15.1 Å². The van der Waals surface area contributed by atoms with E-state index in [9.17, 15) is 9.59 Å². The maximum atomic E-state index is 12.5. The summed E-state index contributed by atoms with van der Waals surface area (Å²) in [7, 11) is 3.39. The number of hydrogen-bond acceptors (Lipinski definition) is 5. The fraction of sp³-hybridized carbons (Fsp3) is 0.263. The second kappa shape index (κ2) is 7.28. The van der Waals surface area contributed by atoms with Gasteiger partial charge in [-0.25, -0.2) is 9.78 Å². The van der Waals surface area contributed by atoms with E-state index in [-0.39, 0.29) is 0 Å². The summed E-state index contributed by atoms with van der Waals surface area (Å²) >= 11 is 0. The first kappa shape index (κ1) is 17.9. The molecule has 0 aliphatic carbocycles. The molecule has 0 fully saturated rings. The Bertz CT molecular complexity index is 1230. The van der Waals surface area contributed by atoms with E-state index in [1.165, 1.54) is 4.57 Å². The Morgan fingerprint density at radius 2 is 1.96 bits per heavy atom. The van der Waals surface area contributed by atoms with Crippen LogP contribution in [0.25, 0.3) is 22.6 Å². The molecule has 4 aromatic rings. The smallest absolute Gasteiger partial charge is 0.330 e. The molecular formula is C19H20N6O3. The number of methoxy groups -OCH3 is 1. The minimum atomic E-state index is -0.484. The molecule has 144 valence electrons. The van der Waals surface area contributed by atoms with E-state index in [4.69, 9.17) is 4.74 Å². The minimum Gasteiger partial charge on any atom is -0.383 e. The number of aromatic nitrogens is 6. The maximum Gasteiger partial charge on any atom is 0.330 e.